The molecule has 90 valence electrons. The van der Waals surface area contributed by atoms with Gasteiger partial charge < -0.3 is 5.11 Å². The topological polar surface area (TPSA) is 105 Å². The fourth-order valence-corrected chi connectivity index (χ4v) is 1.68. The first-order chi connectivity index (χ1) is 8.52. The van der Waals surface area contributed by atoms with Gasteiger partial charge in [0.05, 0.1) is 11.4 Å². The van der Waals surface area contributed by atoms with Crippen LogP contribution < -0.4 is 0 Å². The van der Waals surface area contributed by atoms with Crippen molar-refractivity contribution in [2.24, 2.45) is 0 Å². The molecule has 0 unspecified atom stereocenters. The quantitative estimate of drug-likeness (QED) is 0.838. The summed E-state index contributed by atoms with van der Waals surface area (Å²) in [5.74, 6) is -1.11. The third-order valence-corrected chi connectivity index (χ3v) is 2.36. The van der Waals surface area contributed by atoms with Crippen LogP contribution in [-0.2, 0) is 0 Å². The van der Waals surface area contributed by atoms with Crippen LogP contribution in [0.4, 0.5) is 0 Å². The third kappa shape index (κ3) is 1.91. The summed E-state index contributed by atoms with van der Waals surface area (Å²) < 4.78 is 1.27. The van der Waals surface area contributed by atoms with Crippen molar-refractivity contribution in [1.29, 1.82) is 5.26 Å². The number of hydrogen-bond donors (Lipinski definition) is 1. The van der Waals surface area contributed by atoms with Crippen LogP contribution in [0.2, 0.25) is 0 Å². The largest absolute Gasteiger partial charge is 0.478 e. The van der Waals surface area contributed by atoms with Gasteiger partial charge in [-0.1, -0.05) is 0 Å². The summed E-state index contributed by atoms with van der Waals surface area (Å²) in [4.78, 5) is 19.1. The highest BCUT2D eigenvalue weighted by atomic mass is 16.4. The lowest BCUT2D eigenvalue weighted by molar-refractivity contribution is 0.0695. The van der Waals surface area contributed by atoms with Crippen molar-refractivity contribution in [2.45, 2.75) is 13.8 Å². The van der Waals surface area contributed by atoms with Gasteiger partial charge in [-0.05, 0) is 19.9 Å². The van der Waals surface area contributed by atoms with Gasteiger partial charge in [-0.2, -0.15) is 5.26 Å². The van der Waals surface area contributed by atoms with Crippen LogP contribution >= 0.6 is 0 Å². The number of carbonyl (C=O) groups is 1. The maximum atomic E-state index is 11.2. The number of aromatic carboxylic acids is 1. The summed E-state index contributed by atoms with van der Waals surface area (Å²) in [6.07, 6.45) is 1.30. The van der Waals surface area contributed by atoms with E-state index in [1.54, 1.807) is 26.0 Å². The molecule has 2 aromatic heterocycles. The Kier molecular flexibility index (Phi) is 2.77. The molecule has 7 heteroatoms. The molecule has 0 aliphatic rings. The van der Waals surface area contributed by atoms with Crippen LogP contribution in [0, 0.1) is 25.2 Å². The normalized spacial score (nSPS) is 10.1. The summed E-state index contributed by atoms with van der Waals surface area (Å²) in [5, 5.41) is 21.7. The summed E-state index contributed by atoms with van der Waals surface area (Å²) in [7, 11) is 0. The molecule has 0 aliphatic carbocycles. The summed E-state index contributed by atoms with van der Waals surface area (Å²) in [6, 6.07) is 3.38. The monoisotopic (exact) mass is 243 g/mol. The fourth-order valence-electron chi connectivity index (χ4n) is 1.68. The highest BCUT2D eigenvalue weighted by Gasteiger charge is 2.17. The SMILES string of the molecule is Cc1cc(-n2cnc(C#N)n2)c(C(=O)O)c(C)n1. The van der Waals surface area contributed by atoms with Crippen LogP contribution in [0.1, 0.15) is 27.6 Å². The Morgan fingerprint density at radius 2 is 2.22 bits per heavy atom. The molecule has 0 saturated carbocycles. The number of nitrogens with zero attached hydrogens (tertiary/aromatic N) is 5. The molecule has 0 saturated heterocycles. The number of carboxylic acid groups (broad SMARTS) is 1. The average Bonchev–Trinajstić information content (AvgIpc) is 2.75. The second kappa shape index (κ2) is 4.25. The van der Waals surface area contributed by atoms with Crippen LogP contribution in [0.3, 0.4) is 0 Å². The first-order valence-corrected chi connectivity index (χ1v) is 5.06. The van der Waals surface area contributed by atoms with Crippen molar-refractivity contribution < 1.29 is 9.90 Å². The van der Waals surface area contributed by atoms with Crippen molar-refractivity contribution in [3.63, 3.8) is 0 Å². The average molecular weight is 243 g/mol. The zero-order chi connectivity index (χ0) is 13.3. The van der Waals surface area contributed by atoms with Crippen LogP contribution in [-0.4, -0.2) is 30.8 Å². The standard InChI is InChI=1S/C11H9N5O2/c1-6-3-8(10(11(17)18)7(2)14-6)16-5-13-9(4-12)15-16/h3,5H,1-2H3,(H,17,18). The molecule has 1 N–H and O–H groups in total. The van der Waals surface area contributed by atoms with Gasteiger partial charge in [0, 0.05) is 5.69 Å². The predicted molar refractivity (Wildman–Crippen MR) is 60.3 cm³/mol. The molecule has 0 fully saturated rings. The molecule has 2 heterocycles. The lowest BCUT2D eigenvalue weighted by atomic mass is 10.1. The second-order valence-corrected chi connectivity index (χ2v) is 3.67. The van der Waals surface area contributed by atoms with Crippen LogP contribution in [0.25, 0.3) is 5.69 Å². The Balaban J connectivity index is 2.69. The van der Waals surface area contributed by atoms with E-state index in [2.05, 4.69) is 15.1 Å². The minimum Gasteiger partial charge on any atom is -0.478 e. The highest BCUT2D eigenvalue weighted by Crippen LogP contribution is 2.18. The molecule has 2 rings (SSSR count). The van der Waals surface area contributed by atoms with E-state index in [9.17, 15) is 9.90 Å². The lowest BCUT2D eigenvalue weighted by Gasteiger charge is -2.09. The molecule has 0 amide bonds. The first-order valence-electron chi connectivity index (χ1n) is 5.06. The van der Waals surface area contributed by atoms with E-state index in [1.807, 2.05) is 0 Å². The fraction of sp³-hybridized carbons (Fsp3) is 0.182. The van der Waals surface area contributed by atoms with Crippen molar-refractivity contribution in [1.82, 2.24) is 19.7 Å². The summed E-state index contributed by atoms with van der Waals surface area (Å²) in [6.45, 7) is 3.37. The summed E-state index contributed by atoms with van der Waals surface area (Å²) in [5.41, 5.74) is 1.46. The molecule has 18 heavy (non-hydrogen) atoms. The first kappa shape index (κ1) is 11.7. The van der Waals surface area contributed by atoms with E-state index in [1.165, 1.54) is 11.0 Å². The molecule has 0 spiro atoms. The Morgan fingerprint density at radius 1 is 1.50 bits per heavy atom. The minimum atomic E-state index is -1.09. The molecule has 0 aromatic carbocycles. The minimum absolute atomic E-state index is 0.0153. The van der Waals surface area contributed by atoms with Crippen molar-refractivity contribution in [3.8, 4) is 11.8 Å². The van der Waals surface area contributed by atoms with Crippen molar-refractivity contribution in [3.05, 3.63) is 35.2 Å². The number of carboxylic acids is 1. The smallest absolute Gasteiger partial charge is 0.339 e. The van der Waals surface area contributed by atoms with E-state index < -0.39 is 5.97 Å². The Hall–Kier alpha value is -2.75. The molecule has 7 nitrogen and oxygen atoms in total. The number of rotatable bonds is 2. The van der Waals surface area contributed by atoms with E-state index in [4.69, 9.17) is 5.26 Å². The number of aryl methyl sites for hydroxylation is 2. The van der Waals surface area contributed by atoms with E-state index in [-0.39, 0.29) is 11.4 Å². The maximum absolute atomic E-state index is 11.2. The number of hydrogen-bond acceptors (Lipinski definition) is 5. The maximum Gasteiger partial charge on any atom is 0.339 e. The zero-order valence-electron chi connectivity index (χ0n) is 9.75. The van der Waals surface area contributed by atoms with Gasteiger partial charge >= 0.3 is 5.97 Å². The Morgan fingerprint density at radius 3 is 2.78 bits per heavy atom. The Labute approximate surface area is 102 Å². The van der Waals surface area contributed by atoms with E-state index in [0.29, 0.717) is 17.1 Å². The molecule has 0 radical (unpaired) electrons. The summed E-state index contributed by atoms with van der Waals surface area (Å²) >= 11 is 0. The van der Waals surface area contributed by atoms with Crippen molar-refractivity contribution >= 4 is 5.97 Å². The molecule has 0 atom stereocenters. The van der Waals surface area contributed by atoms with Gasteiger partial charge in [-0.25, -0.2) is 14.5 Å². The molecular formula is C11H9N5O2. The van der Waals surface area contributed by atoms with Crippen LogP contribution in [0.5, 0.6) is 0 Å². The molecule has 0 bridgehead atoms. The van der Waals surface area contributed by atoms with Crippen molar-refractivity contribution in [2.75, 3.05) is 0 Å². The van der Waals surface area contributed by atoms with E-state index >= 15 is 0 Å². The van der Waals surface area contributed by atoms with Crippen LogP contribution in [0.15, 0.2) is 12.4 Å². The van der Waals surface area contributed by atoms with Gasteiger partial charge in [0.2, 0.25) is 0 Å². The molecule has 0 aliphatic heterocycles. The van der Waals surface area contributed by atoms with Gasteiger partial charge in [-0.3, -0.25) is 4.98 Å². The Bertz CT molecular complexity index is 669. The van der Waals surface area contributed by atoms with Gasteiger partial charge in [-0.15, -0.1) is 5.10 Å². The number of pyridine rings is 1. The third-order valence-electron chi connectivity index (χ3n) is 2.36. The van der Waals surface area contributed by atoms with Gasteiger partial charge in [0.25, 0.3) is 5.82 Å². The van der Waals surface area contributed by atoms with Gasteiger partial charge in [0.1, 0.15) is 18.0 Å². The lowest BCUT2D eigenvalue weighted by Crippen LogP contribution is -2.10. The highest BCUT2D eigenvalue weighted by molar-refractivity contribution is 5.93. The zero-order valence-corrected chi connectivity index (χ0v) is 9.75. The molecule has 2 aromatic rings. The molecular weight excluding hydrogens is 234 g/mol. The second-order valence-electron chi connectivity index (χ2n) is 3.67. The van der Waals surface area contributed by atoms with Gasteiger partial charge in [0.15, 0.2) is 0 Å². The predicted octanol–water partition coefficient (Wildman–Crippen LogP) is 0.849. The number of nitriles is 1. The number of aromatic nitrogens is 4. The van der Waals surface area contributed by atoms with E-state index in [0.717, 1.165) is 0 Å².